The summed E-state index contributed by atoms with van der Waals surface area (Å²) >= 11 is 3.07. The SMILES string of the molecule is CC(Sc1nc2sc3c(c2c(=O)n1C1CCCC1)CCCC3)C(=O)NCc1ccco1. The Kier molecular flexibility index (Phi) is 5.93. The third kappa shape index (κ3) is 4.07. The Balaban J connectivity index is 1.47. The van der Waals surface area contributed by atoms with Crippen LogP contribution >= 0.6 is 23.1 Å². The van der Waals surface area contributed by atoms with E-state index in [1.165, 1.54) is 28.6 Å². The first kappa shape index (κ1) is 20.8. The van der Waals surface area contributed by atoms with Gasteiger partial charge in [0.1, 0.15) is 10.6 Å². The minimum Gasteiger partial charge on any atom is -0.467 e. The summed E-state index contributed by atoms with van der Waals surface area (Å²) < 4.78 is 7.21. The van der Waals surface area contributed by atoms with Crippen molar-refractivity contribution in [3.05, 3.63) is 45.0 Å². The topological polar surface area (TPSA) is 77.1 Å². The average Bonchev–Trinajstić information content (AvgIpc) is 3.52. The zero-order chi connectivity index (χ0) is 21.4. The van der Waals surface area contributed by atoms with E-state index in [0.717, 1.165) is 60.9 Å². The first-order valence-electron chi connectivity index (χ1n) is 11.2. The summed E-state index contributed by atoms with van der Waals surface area (Å²) in [5.74, 6) is 0.635. The van der Waals surface area contributed by atoms with Gasteiger partial charge in [0.25, 0.3) is 5.56 Å². The molecule has 0 saturated heterocycles. The minimum atomic E-state index is -0.360. The van der Waals surface area contributed by atoms with Gasteiger partial charge in [-0.1, -0.05) is 24.6 Å². The zero-order valence-electron chi connectivity index (χ0n) is 17.7. The van der Waals surface area contributed by atoms with E-state index in [2.05, 4.69) is 5.32 Å². The van der Waals surface area contributed by atoms with E-state index >= 15 is 0 Å². The number of amides is 1. The molecule has 5 rings (SSSR count). The van der Waals surface area contributed by atoms with Crippen LogP contribution in [-0.2, 0) is 24.2 Å². The van der Waals surface area contributed by atoms with Crippen LogP contribution in [0.25, 0.3) is 10.2 Å². The van der Waals surface area contributed by atoms with Crippen molar-refractivity contribution in [3.8, 4) is 0 Å². The smallest absolute Gasteiger partial charge is 0.263 e. The highest BCUT2D eigenvalue weighted by Gasteiger charge is 2.28. The van der Waals surface area contributed by atoms with Crippen LogP contribution in [0, 0.1) is 0 Å². The summed E-state index contributed by atoms with van der Waals surface area (Å²) in [6, 6.07) is 3.83. The third-order valence-electron chi connectivity index (χ3n) is 6.35. The molecule has 8 heteroatoms. The van der Waals surface area contributed by atoms with E-state index in [1.54, 1.807) is 23.7 Å². The first-order valence-corrected chi connectivity index (χ1v) is 12.8. The lowest BCUT2D eigenvalue weighted by molar-refractivity contribution is -0.120. The Hall–Kier alpha value is -2.06. The average molecular weight is 458 g/mol. The van der Waals surface area contributed by atoms with Gasteiger partial charge in [0.15, 0.2) is 5.16 Å². The van der Waals surface area contributed by atoms with Crippen LogP contribution in [0.4, 0.5) is 0 Å². The van der Waals surface area contributed by atoms with E-state index in [0.29, 0.717) is 11.7 Å². The molecule has 3 aromatic rings. The maximum absolute atomic E-state index is 13.7. The van der Waals surface area contributed by atoms with E-state index < -0.39 is 0 Å². The van der Waals surface area contributed by atoms with Crippen molar-refractivity contribution in [3.63, 3.8) is 0 Å². The van der Waals surface area contributed by atoms with Crippen LogP contribution in [-0.4, -0.2) is 20.7 Å². The van der Waals surface area contributed by atoms with E-state index in [1.807, 2.05) is 17.6 Å². The van der Waals surface area contributed by atoms with Crippen LogP contribution in [0.2, 0.25) is 0 Å². The van der Waals surface area contributed by atoms with Crippen LogP contribution in [0.3, 0.4) is 0 Å². The quantitative estimate of drug-likeness (QED) is 0.423. The Labute approximate surface area is 189 Å². The number of furan rings is 1. The first-order chi connectivity index (χ1) is 15.1. The van der Waals surface area contributed by atoms with Crippen molar-refractivity contribution in [2.45, 2.75) is 81.3 Å². The zero-order valence-corrected chi connectivity index (χ0v) is 19.3. The fraction of sp³-hybridized carbons (Fsp3) is 0.522. The van der Waals surface area contributed by atoms with Crippen molar-refractivity contribution in [2.75, 3.05) is 0 Å². The molecule has 2 aliphatic carbocycles. The molecule has 1 saturated carbocycles. The van der Waals surface area contributed by atoms with Gasteiger partial charge < -0.3 is 9.73 Å². The Morgan fingerprint density at radius 2 is 2.13 bits per heavy atom. The normalized spacial score (nSPS) is 17.7. The Morgan fingerprint density at radius 1 is 1.32 bits per heavy atom. The second-order valence-electron chi connectivity index (χ2n) is 8.46. The number of hydrogen-bond donors (Lipinski definition) is 1. The molecular formula is C23H27N3O3S2. The van der Waals surface area contributed by atoms with Crippen molar-refractivity contribution < 1.29 is 9.21 Å². The molecule has 1 atom stereocenters. The van der Waals surface area contributed by atoms with E-state index in [9.17, 15) is 9.59 Å². The molecule has 0 radical (unpaired) electrons. The molecule has 0 aliphatic heterocycles. The highest BCUT2D eigenvalue weighted by molar-refractivity contribution is 8.00. The lowest BCUT2D eigenvalue weighted by atomic mass is 9.97. The van der Waals surface area contributed by atoms with Crippen LogP contribution in [0.15, 0.2) is 32.8 Å². The molecule has 3 aromatic heterocycles. The maximum Gasteiger partial charge on any atom is 0.263 e. The fourth-order valence-electron chi connectivity index (χ4n) is 4.71. The second-order valence-corrected chi connectivity index (χ2v) is 10.8. The van der Waals surface area contributed by atoms with Gasteiger partial charge in [-0.2, -0.15) is 0 Å². The van der Waals surface area contributed by atoms with Gasteiger partial charge in [0, 0.05) is 10.9 Å². The number of nitrogens with one attached hydrogen (secondary N) is 1. The summed E-state index contributed by atoms with van der Waals surface area (Å²) in [6.45, 7) is 2.23. The molecule has 0 bridgehead atoms. The number of aromatic nitrogens is 2. The van der Waals surface area contributed by atoms with Crippen molar-refractivity contribution in [1.82, 2.24) is 14.9 Å². The number of nitrogens with zero attached hydrogens (tertiary/aromatic N) is 2. The van der Waals surface area contributed by atoms with Gasteiger partial charge in [-0.25, -0.2) is 4.98 Å². The standard InChI is InChI=1S/C23H27N3O3S2/c1-14(20(27)24-13-16-9-6-12-29-16)30-23-25-21-19(17-10-4-5-11-18(17)31-21)22(28)26(23)15-7-2-3-8-15/h6,9,12,14-15H,2-5,7-8,10-11,13H2,1H3,(H,24,27). The van der Waals surface area contributed by atoms with Gasteiger partial charge in [-0.05, 0) is 63.1 Å². The molecule has 3 heterocycles. The molecule has 31 heavy (non-hydrogen) atoms. The van der Waals surface area contributed by atoms with Gasteiger partial charge in [0.2, 0.25) is 5.91 Å². The highest BCUT2D eigenvalue weighted by atomic mass is 32.2. The summed E-state index contributed by atoms with van der Waals surface area (Å²) in [6.07, 6.45) is 10.2. The van der Waals surface area contributed by atoms with Gasteiger partial charge in [0.05, 0.1) is 23.4 Å². The van der Waals surface area contributed by atoms with Gasteiger partial charge in [-0.3, -0.25) is 14.2 Å². The molecule has 6 nitrogen and oxygen atoms in total. The fourth-order valence-corrected chi connectivity index (χ4v) is 7.01. The number of fused-ring (bicyclic) bond motifs is 3. The summed E-state index contributed by atoms with van der Waals surface area (Å²) in [7, 11) is 0. The molecule has 164 valence electrons. The predicted octanol–water partition coefficient (Wildman–Crippen LogP) is 4.84. The number of thiophene rings is 1. The monoisotopic (exact) mass is 457 g/mol. The summed E-state index contributed by atoms with van der Waals surface area (Å²) in [5, 5.41) is 4.08. The van der Waals surface area contributed by atoms with Crippen molar-refractivity contribution >= 4 is 39.2 Å². The summed E-state index contributed by atoms with van der Waals surface area (Å²) in [4.78, 5) is 33.5. The number of aryl methyl sites for hydroxylation is 2. The molecule has 1 N–H and O–H groups in total. The molecule has 1 amide bonds. The molecule has 2 aliphatic rings. The molecule has 1 unspecified atom stereocenters. The van der Waals surface area contributed by atoms with Gasteiger partial charge in [-0.15, -0.1) is 11.3 Å². The van der Waals surface area contributed by atoms with Crippen LogP contribution in [0.1, 0.15) is 67.7 Å². The number of carbonyl (C=O) groups is 1. The lowest BCUT2D eigenvalue weighted by Gasteiger charge is -2.20. The molecule has 0 spiro atoms. The van der Waals surface area contributed by atoms with Crippen LogP contribution in [0.5, 0.6) is 0 Å². The molecule has 1 fully saturated rings. The molecular weight excluding hydrogens is 430 g/mol. The second kappa shape index (κ2) is 8.82. The number of rotatable bonds is 6. The largest absolute Gasteiger partial charge is 0.467 e. The highest BCUT2D eigenvalue weighted by Crippen LogP contribution is 2.38. The Morgan fingerprint density at radius 3 is 2.90 bits per heavy atom. The van der Waals surface area contributed by atoms with E-state index in [4.69, 9.17) is 9.40 Å². The van der Waals surface area contributed by atoms with Crippen molar-refractivity contribution in [2.24, 2.45) is 0 Å². The van der Waals surface area contributed by atoms with Crippen LogP contribution < -0.4 is 10.9 Å². The summed E-state index contributed by atoms with van der Waals surface area (Å²) in [5.41, 5.74) is 1.33. The van der Waals surface area contributed by atoms with E-state index in [-0.39, 0.29) is 22.8 Å². The maximum atomic E-state index is 13.7. The Bertz CT molecular complexity index is 1140. The lowest BCUT2D eigenvalue weighted by Crippen LogP contribution is -2.32. The van der Waals surface area contributed by atoms with Crippen molar-refractivity contribution in [1.29, 1.82) is 0 Å². The number of thioether (sulfide) groups is 1. The predicted molar refractivity (Wildman–Crippen MR) is 124 cm³/mol. The third-order valence-corrected chi connectivity index (χ3v) is 8.60. The minimum absolute atomic E-state index is 0.0841. The van der Waals surface area contributed by atoms with Gasteiger partial charge >= 0.3 is 0 Å². The molecule has 0 aromatic carbocycles. The number of carbonyl (C=O) groups excluding carboxylic acids is 1. The number of hydrogen-bond acceptors (Lipinski definition) is 6.